The molecule has 0 spiro atoms. The van der Waals surface area contributed by atoms with Gasteiger partial charge in [0.25, 0.3) is 0 Å². The molecular formula is C14H19N3O. The quantitative estimate of drug-likeness (QED) is 0.796. The summed E-state index contributed by atoms with van der Waals surface area (Å²) in [5.74, 6) is 1.29. The number of aliphatic hydroxyl groups is 1. The molecule has 0 aromatic carbocycles. The first kappa shape index (κ1) is 11.7. The Morgan fingerprint density at radius 3 is 2.94 bits per heavy atom. The highest BCUT2D eigenvalue weighted by Crippen LogP contribution is 2.27. The minimum absolute atomic E-state index is 0.233. The lowest BCUT2D eigenvalue weighted by molar-refractivity contribution is 0.250. The number of hydrogen-bond donors (Lipinski definition) is 2. The van der Waals surface area contributed by atoms with E-state index in [-0.39, 0.29) is 6.61 Å². The van der Waals surface area contributed by atoms with Crippen LogP contribution in [0.15, 0.2) is 18.5 Å². The van der Waals surface area contributed by atoms with E-state index < -0.39 is 0 Å². The number of anilines is 1. The van der Waals surface area contributed by atoms with Crippen LogP contribution in [0, 0.1) is 5.92 Å². The molecule has 2 N–H and O–H groups in total. The molecule has 96 valence electrons. The standard InChI is InChI=1S/C14H19N3O/c18-8-10-5-6-11(7-10)17-14-12-3-1-2-4-13(12)15-9-16-14/h5-6,9-11,18H,1-4,7-8H2,(H,15,16,17)/t10-,11+/m0/s1. The zero-order valence-corrected chi connectivity index (χ0v) is 10.5. The van der Waals surface area contributed by atoms with E-state index in [2.05, 4.69) is 27.4 Å². The molecule has 0 amide bonds. The minimum Gasteiger partial charge on any atom is -0.396 e. The maximum absolute atomic E-state index is 9.14. The molecule has 0 fully saturated rings. The highest BCUT2D eigenvalue weighted by atomic mass is 16.3. The van der Waals surface area contributed by atoms with Gasteiger partial charge in [-0.2, -0.15) is 0 Å². The van der Waals surface area contributed by atoms with Crippen LogP contribution in [0.3, 0.4) is 0 Å². The van der Waals surface area contributed by atoms with Crippen LogP contribution in [0.1, 0.15) is 30.5 Å². The van der Waals surface area contributed by atoms with E-state index in [1.807, 2.05) is 0 Å². The number of rotatable bonds is 3. The van der Waals surface area contributed by atoms with Crippen molar-refractivity contribution < 1.29 is 5.11 Å². The van der Waals surface area contributed by atoms with E-state index in [1.54, 1.807) is 6.33 Å². The van der Waals surface area contributed by atoms with Crippen molar-refractivity contribution in [2.45, 2.75) is 38.1 Å². The fourth-order valence-corrected chi connectivity index (χ4v) is 2.84. The van der Waals surface area contributed by atoms with E-state index in [0.717, 1.165) is 25.1 Å². The van der Waals surface area contributed by atoms with Gasteiger partial charge in [0.05, 0.1) is 0 Å². The highest BCUT2D eigenvalue weighted by Gasteiger charge is 2.21. The summed E-state index contributed by atoms with van der Waals surface area (Å²) >= 11 is 0. The van der Waals surface area contributed by atoms with Crippen molar-refractivity contribution in [2.75, 3.05) is 11.9 Å². The number of aliphatic hydroxyl groups excluding tert-OH is 1. The van der Waals surface area contributed by atoms with Crippen molar-refractivity contribution in [3.8, 4) is 0 Å². The summed E-state index contributed by atoms with van der Waals surface area (Å²) in [4.78, 5) is 8.76. The number of fused-ring (bicyclic) bond motifs is 1. The molecule has 1 heterocycles. The Morgan fingerprint density at radius 1 is 1.22 bits per heavy atom. The third kappa shape index (κ3) is 2.25. The summed E-state index contributed by atoms with van der Waals surface area (Å²) in [6.07, 6.45) is 11.5. The van der Waals surface area contributed by atoms with Crippen molar-refractivity contribution in [1.82, 2.24) is 9.97 Å². The highest BCUT2D eigenvalue weighted by molar-refractivity contribution is 5.48. The SMILES string of the molecule is OC[C@H]1C=C[C@@H](Nc2ncnc3c2CCCC3)C1. The molecule has 3 rings (SSSR count). The van der Waals surface area contributed by atoms with Crippen molar-refractivity contribution in [1.29, 1.82) is 0 Å². The van der Waals surface area contributed by atoms with Gasteiger partial charge in [0.2, 0.25) is 0 Å². The maximum atomic E-state index is 9.14. The normalized spacial score (nSPS) is 26.1. The summed E-state index contributed by atoms with van der Waals surface area (Å²) in [5, 5.41) is 12.6. The van der Waals surface area contributed by atoms with Gasteiger partial charge in [0.1, 0.15) is 12.1 Å². The van der Waals surface area contributed by atoms with Gasteiger partial charge in [-0.1, -0.05) is 12.2 Å². The summed E-state index contributed by atoms with van der Waals surface area (Å²) in [7, 11) is 0. The van der Waals surface area contributed by atoms with Gasteiger partial charge in [-0.15, -0.1) is 0 Å². The molecule has 4 nitrogen and oxygen atoms in total. The molecular weight excluding hydrogens is 226 g/mol. The van der Waals surface area contributed by atoms with Crippen LogP contribution < -0.4 is 5.32 Å². The largest absolute Gasteiger partial charge is 0.396 e. The molecule has 1 aromatic rings. The van der Waals surface area contributed by atoms with E-state index in [4.69, 9.17) is 5.11 Å². The van der Waals surface area contributed by atoms with Crippen LogP contribution in [-0.4, -0.2) is 27.7 Å². The molecule has 0 radical (unpaired) electrons. The number of aryl methyl sites for hydroxylation is 1. The van der Waals surface area contributed by atoms with Gasteiger partial charge in [-0.3, -0.25) is 0 Å². The topological polar surface area (TPSA) is 58.0 Å². The summed E-state index contributed by atoms with van der Waals surface area (Å²) in [6.45, 7) is 0.233. The van der Waals surface area contributed by atoms with Crippen molar-refractivity contribution in [3.63, 3.8) is 0 Å². The van der Waals surface area contributed by atoms with Gasteiger partial charge < -0.3 is 10.4 Å². The Morgan fingerprint density at radius 2 is 2.11 bits per heavy atom. The first-order valence-electron chi connectivity index (χ1n) is 6.75. The third-order valence-corrected chi connectivity index (χ3v) is 3.85. The molecule has 0 bridgehead atoms. The Balaban J connectivity index is 1.75. The van der Waals surface area contributed by atoms with Gasteiger partial charge in [0, 0.05) is 29.8 Å². The van der Waals surface area contributed by atoms with Gasteiger partial charge >= 0.3 is 0 Å². The van der Waals surface area contributed by atoms with Crippen LogP contribution in [0.2, 0.25) is 0 Å². The Kier molecular flexibility index (Phi) is 3.28. The lowest BCUT2D eigenvalue weighted by Crippen LogP contribution is -2.20. The third-order valence-electron chi connectivity index (χ3n) is 3.85. The zero-order chi connectivity index (χ0) is 12.4. The van der Waals surface area contributed by atoms with Crippen LogP contribution >= 0.6 is 0 Å². The summed E-state index contributed by atoms with van der Waals surface area (Å²) < 4.78 is 0. The molecule has 0 unspecified atom stereocenters. The molecule has 2 atom stereocenters. The lowest BCUT2D eigenvalue weighted by Gasteiger charge is -2.20. The number of aromatic nitrogens is 2. The Bertz CT molecular complexity index is 458. The van der Waals surface area contributed by atoms with Gasteiger partial charge in [-0.05, 0) is 32.1 Å². The fraction of sp³-hybridized carbons (Fsp3) is 0.571. The van der Waals surface area contributed by atoms with Crippen LogP contribution in [0.25, 0.3) is 0 Å². The molecule has 0 saturated heterocycles. The minimum atomic E-state index is 0.233. The molecule has 2 aliphatic rings. The van der Waals surface area contributed by atoms with E-state index in [1.165, 1.54) is 24.1 Å². The average molecular weight is 245 g/mol. The second kappa shape index (κ2) is 5.06. The smallest absolute Gasteiger partial charge is 0.133 e. The van der Waals surface area contributed by atoms with E-state index in [0.29, 0.717) is 12.0 Å². The number of nitrogens with zero attached hydrogens (tertiary/aromatic N) is 2. The van der Waals surface area contributed by atoms with E-state index >= 15 is 0 Å². The Labute approximate surface area is 107 Å². The molecule has 4 heteroatoms. The lowest BCUT2D eigenvalue weighted by atomic mass is 9.96. The van der Waals surface area contributed by atoms with E-state index in [9.17, 15) is 0 Å². The molecule has 0 saturated carbocycles. The van der Waals surface area contributed by atoms with Gasteiger partial charge in [-0.25, -0.2) is 9.97 Å². The molecule has 0 aliphatic heterocycles. The van der Waals surface area contributed by atoms with Crippen LogP contribution in [0.4, 0.5) is 5.82 Å². The maximum Gasteiger partial charge on any atom is 0.133 e. The predicted molar refractivity (Wildman–Crippen MR) is 70.4 cm³/mol. The van der Waals surface area contributed by atoms with Crippen LogP contribution in [0.5, 0.6) is 0 Å². The van der Waals surface area contributed by atoms with Crippen LogP contribution in [-0.2, 0) is 12.8 Å². The average Bonchev–Trinajstić information content (AvgIpc) is 2.87. The first-order valence-corrected chi connectivity index (χ1v) is 6.75. The zero-order valence-electron chi connectivity index (χ0n) is 10.5. The second-order valence-corrected chi connectivity index (χ2v) is 5.17. The first-order chi connectivity index (χ1) is 8.86. The summed E-state index contributed by atoms with van der Waals surface area (Å²) in [6, 6.07) is 0.295. The predicted octanol–water partition coefficient (Wildman–Crippen LogP) is 1.70. The monoisotopic (exact) mass is 245 g/mol. The van der Waals surface area contributed by atoms with Gasteiger partial charge in [0.15, 0.2) is 0 Å². The number of nitrogens with one attached hydrogen (secondary N) is 1. The number of hydrogen-bond acceptors (Lipinski definition) is 4. The Hall–Kier alpha value is -1.42. The molecule has 2 aliphatic carbocycles. The fourth-order valence-electron chi connectivity index (χ4n) is 2.84. The molecule has 18 heavy (non-hydrogen) atoms. The van der Waals surface area contributed by atoms with Crippen molar-refractivity contribution in [2.24, 2.45) is 5.92 Å². The molecule has 1 aromatic heterocycles. The second-order valence-electron chi connectivity index (χ2n) is 5.17. The van der Waals surface area contributed by atoms with Crippen molar-refractivity contribution in [3.05, 3.63) is 29.7 Å². The van der Waals surface area contributed by atoms with Crippen molar-refractivity contribution >= 4 is 5.82 Å². The summed E-state index contributed by atoms with van der Waals surface area (Å²) in [5.41, 5.74) is 2.50.